The van der Waals surface area contributed by atoms with Gasteiger partial charge in [-0.3, -0.25) is 0 Å². The van der Waals surface area contributed by atoms with E-state index in [1.54, 1.807) is 11.3 Å². The van der Waals surface area contributed by atoms with E-state index in [1.165, 1.54) is 126 Å². The van der Waals surface area contributed by atoms with E-state index in [0.717, 1.165) is 4.47 Å². The minimum absolute atomic E-state index is 0.000942. The molecular formula is C70H53BrN4S2. The van der Waals surface area contributed by atoms with Gasteiger partial charge < -0.3 is 19.4 Å². The maximum Gasteiger partial charge on any atom is 0.0548 e. The van der Waals surface area contributed by atoms with Crippen molar-refractivity contribution in [1.82, 2.24) is 9.55 Å². The molecule has 16 rings (SSSR count). The van der Waals surface area contributed by atoms with Gasteiger partial charge in [-0.15, -0.1) is 22.7 Å². The molecule has 77 heavy (non-hydrogen) atoms. The Balaban J connectivity index is 0.000000117. The first-order valence-corrected chi connectivity index (χ1v) is 28.8. The van der Waals surface area contributed by atoms with Crippen LogP contribution in [-0.4, -0.2) is 9.55 Å². The number of aromatic amines is 1. The van der Waals surface area contributed by atoms with Crippen LogP contribution in [0.4, 0.5) is 34.1 Å². The van der Waals surface area contributed by atoms with Crippen LogP contribution in [0.5, 0.6) is 0 Å². The summed E-state index contributed by atoms with van der Waals surface area (Å²) in [6.07, 6.45) is 0. The number of fused-ring (bicyclic) bond motifs is 14. The van der Waals surface area contributed by atoms with E-state index in [1.807, 2.05) is 11.3 Å². The molecule has 4 aromatic heterocycles. The van der Waals surface area contributed by atoms with E-state index >= 15 is 0 Å². The number of aromatic nitrogens is 2. The molecule has 2 aliphatic rings. The SMILES string of the molecule is CC1(C)c2ccccc2N(c2ccc(-n3c4ccccc4c4c5ccsc5ccc43)cc2)c2ccccc21.CC1(C)c2ccccc2N(c2ccc(Br)cc2)c2ccccc21.c1ccc2c(c1)[nH]c1ccc3sccc3c12. The molecule has 2 aliphatic heterocycles. The van der Waals surface area contributed by atoms with Gasteiger partial charge in [0.25, 0.3) is 0 Å². The van der Waals surface area contributed by atoms with E-state index in [0.29, 0.717) is 0 Å². The van der Waals surface area contributed by atoms with Gasteiger partial charge in [0.15, 0.2) is 0 Å². The number of nitrogens with zero attached hydrogens (tertiary/aromatic N) is 3. The van der Waals surface area contributed by atoms with Crippen molar-refractivity contribution >= 4 is 137 Å². The summed E-state index contributed by atoms with van der Waals surface area (Å²) in [7, 11) is 0. The molecule has 0 amide bonds. The summed E-state index contributed by atoms with van der Waals surface area (Å²) in [4.78, 5) is 8.25. The number of anilines is 6. The van der Waals surface area contributed by atoms with E-state index in [9.17, 15) is 0 Å². The first kappa shape index (κ1) is 47.3. The smallest absolute Gasteiger partial charge is 0.0548 e. The van der Waals surface area contributed by atoms with Crippen LogP contribution in [0.15, 0.2) is 246 Å². The van der Waals surface area contributed by atoms with Crippen LogP contribution in [0.1, 0.15) is 49.9 Å². The summed E-state index contributed by atoms with van der Waals surface area (Å²) in [6.45, 7) is 9.28. The van der Waals surface area contributed by atoms with Crippen LogP contribution in [0.3, 0.4) is 0 Å². The number of thiophene rings is 2. The molecule has 6 heterocycles. The number of hydrogen-bond donors (Lipinski definition) is 1. The predicted molar refractivity (Wildman–Crippen MR) is 335 cm³/mol. The second kappa shape index (κ2) is 18.5. The molecule has 0 radical (unpaired) electrons. The third-order valence-electron chi connectivity index (χ3n) is 16.1. The van der Waals surface area contributed by atoms with E-state index in [4.69, 9.17) is 0 Å². The lowest BCUT2D eigenvalue weighted by Gasteiger charge is -2.42. The number of nitrogens with one attached hydrogen (secondary N) is 1. The van der Waals surface area contributed by atoms with Crippen molar-refractivity contribution in [2.45, 2.75) is 38.5 Å². The summed E-state index contributed by atoms with van der Waals surface area (Å²) in [5.41, 5.74) is 18.9. The second-order valence-electron chi connectivity index (χ2n) is 21.1. The number of hydrogen-bond acceptors (Lipinski definition) is 4. The minimum atomic E-state index is -0.0560. The zero-order valence-electron chi connectivity index (χ0n) is 43.1. The van der Waals surface area contributed by atoms with Gasteiger partial charge in [-0.2, -0.15) is 0 Å². The normalized spacial score (nSPS) is 13.9. The molecule has 7 heteroatoms. The summed E-state index contributed by atoms with van der Waals surface area (Å²) < 4.78 is 6.20. The monoisotopic (exact) mass is 1090 g/mol. The lowest BCUT2D eigenvalue weighted by molar-refractivity contribution is 0.632. The van der Waals surface area contributed by atoms with Crippen LogP contribution in [0.25, 0.3) is 69.5 Å². The van der Waals surface area contributed by atoms with Crippen LogP contribution in [-0.2, 0) is 10.8 Å². The molecule has 372 valence electrons. The fourth-order valence-electron chi connectivity index (χ4n) is 12.4. The maximum absolute atomic E-state index is 3.53. The lowest BCUT2D eigenvalue weighted by Crippen LogP contribution is -2.30. The highest BCUT2D eigenvalue weighted by Crippen LogP contribution is 2.53. The third-order valence-corrected chi connectivity index (χ3v) is 18.4. The van der Waals surface area contributed by atoms with Crippen LogP contribution < -0.4 is 9.80 Å². The standard InChI is InChI=1S/C35H26N2S.C21H18BrN.C14H9NS/c1-35(2)27-10-4-7-13-30(27)37(31-14-8-5-11-28(31)35)24-17-15-23(16-18-24)36-29-12-6-3-9-25(29)34-26-21-22-38-33(26)20-19-32(34)36;1-21(2)17-7-3-5-9-19(17)23(16-13-11-15(22)12-14-16)20-10-6-4-8-18(20)21;1-2-4-11-9(3-1)14-10-7-8-16-13(10)6-5-12(14)15-11/h3-22H,1-2H3;3-14H,1-2H3;1-8,15H. The van der Waals surface area contributed by atoms with Crippen molar-refractivity contribution < 1.29 is 0 Å². The average Bonchev–Trinajstić information content (AvgIpc) is 4.39. The zero-order valence-corrected chi connectivity index (χ0v) is 46.3. The van der Waals surface area contributed by atoms with Crippen molar-refractivity contribution in [2.24, 2.45) is 0 Å². The minimum Gasteiger partial charge on any atom is -0.354 e. The van der Waals surface area contributed by atoms with Gasteiger partial charge in [-0.05, 0) is 154 Å². The van der Waals surface area contributed by atoms with Gasteiger partial charge in [0.1, 0.15) is 0 Å². The number of para-hydroxylation sites is 6. The van der Waals surface area contributed by atoms with Gasteiger partial charge in [0.2, 0.25) is 0 Å². The Bertz CT molecular complexity index is 4450. The Morgan fingerprint density at radius 1 is 0.351 bits per heavy atom. The van der Waals surface area contributed by atoms with Crippen LogP contribution >= 0.6 is 38.6 Å². The fourth-order valence-corrected chi connectivity index (χ4v) is 14.3. The van der Waals surface area contributed by atoms with Crippen molar-refractivity contribution in [1.29, 1.82) is 0 Å². The number of rotatable bonds is 3. The molecule has 0 spiro atoms. The average molecular weight is 1090 g/mol. The molecule has 14 aromatic rings. The molecule has 0 bridgehead atoms. The van der Waals surface area contributed by atoms with Crippen LogP contribution in [0, 0.1) is 0 Å². The van der Waals surface area contributed by atoms with Crippen molar-refractivity contribution in [3.05, 3.63) is 268 Å². The highest BCUT2D eigenvalue weighted by atomic mass is 79.9. The molecule has 4 nitrogen and oxygen atoms in total. The number of halogens is 1. The Morgan fingerprint density at radius 2 is 0.779 bits per heavy atom. The van der Waals surface area contributed by atoms with Gasteiger partial charge >= 0.3 is 0 Å². The first-order chi connectivity index (χ1) is 37.6. The quantitative estimate of drug-likeness (QED) is 0.191. The third kappa shape index (κ3) is 7.66. The largest absolute Gasteiger partial charge is 0.354 e. The molecule has 0 aliphatic carbocycles. The summed E-state index contributed by atoms with van der Waals surface area (Å²) in [5.74, 6) is 0. The van der Waals surface area contributed by atoms with Gasteiger partial charge in [0.05, 0.1) is 33.8 Å². The fraction of sp³-hybridized carbons (Fsp3) is 0.0857. The topological polar surface area (TPSA) is 27.2 Å². The van der Waals surface area contributed by atoms with Gasteiger partial charge in [-0.25, -0.2) is 0 Å². The Morgan fingerprint density at radius 3 is 1.32 bits per heavy atom. The maximum atomic E-state index is 3.53. The van der Waals surface area contributed by atoms with Crippen molar-refractivity contribution in [3.63, 3.8) is 0 Å². The van der Waals surface area contributed by atoms with E-state index < -0.39 is 0 Å². The Kier molecular flexibility index (Phi) is 11.4. The van der Waals surface area contributed by atoms with Gasteiger partial charge in [-0.1, -0.05) is 153 Å². The zero-order chi connectivity index (χ0) is 52.0. The van der Waals surface area contributed by atoms with E-state index in [-0.39, 0.29) is 10.8 Å². The lowest BCUT2D eigenvalue weighted by atomic mass is 9.73. The van der Waals surface area contributed by atoms with Crippen molar-refractivity contribution in [3.8, 4) is 5.69 Å². The molecule has 0 saturated heterocycles. The first-order valence-electron chi connectivity index (χ1n) is 26.3. The highest BCUT2D eigenvalue weighted by Gasteiger charge is 2.38. The summed E-state index contributed by atoms with van der Waals surface area (Å²) in [6, 6.07) is 83.3. The molecule has 0 unspecified atom stereocenters. The second-order valence-corrected chi connectivity index (χ2v) is 23.9. The molecule has 0 atom stereocenters. The van der Waals surface area contributed by atoms with Crippen LogP contribution in [0.2, 0.25) is 0 Å². The van der Waals surface area contributed by atoms with Crippen molar-refractivity contribution in [2.75, 3.05) is 9.80 Å². The van der Waals surface area contributed by atoms with Gasteiger partial charge in [0, 0.05) is 85.1 Å². The number of H-pyrrole nitrogens is 1. The molecular weight excluding hydrogens is 1040 g/mol. The molecule has 1 N–H and O–H groups in total. The Hall–Kier alpha value is -8.20. The molecule has 0 fully saturated rings. The van der Waals surface area contributed by atoms with E-state index in [2.05, 4.69) is 304 Å². The molecule has 10 aromatic carbocycles. The summed E-state index contributed by atoms with van der Waals surface area (Å²) >= 11 is 7.14. The highest BCUT2D eigenvalue weighted by molar-refractivity contribution is 9.10. The summed E-state index contributed by atoms with van der Waals surface area (Å²) in [5, 5.41) is 12.4. The predicted octanol–water partition coefficient (Wildman–Crippen LogP) is 21.2. The Labute approximate surface area is 464 Å². The number of benzene rings is 10. The molecule has 0 saturated carbocycles.